The van der Waals surface area contributed by atoms with E-state index in [1.165, 1.54) is 11.1 Å². The molecular weight excluding hydrogens is 236 g/mol. The molecule has 19 heavy (non-hydrogen) atoms. The molecule has 1 saturated heterocycles. The van der Waals surface area contributed by atoms with Crippen molar-refractivity contribution in [3.05, 3.63) is 35.4 Å². The summed E-state index contributed by atoms with van der Waals surface area (Å²) in [6, 6.07) is 8.55. The van der Waals surface area contributed by atoms with E-state index >= 15 is 0 Å². The van der Waals surface area contributed by atoms with Gasteiger partial charge in [0, 0.05) is 26.2 Å². The van der Waals surface area contributed by atoms with Crippen LogP contribution < -0.4 is 5.73 Å². The van der Waals surface area contributed by atoms with E-state index in [0.29, 0.717) is 6.54 Å². The highest BCUT2D eigenvalue weighted by Crippen LogP contribution is 2.28. The molecule has 1 aromatic carbocycles. The molecule has 2 N–H and O–H groups in total. The number of benzene rings is 1. The van der Waals surface area contributed by atoms with Crippen LogP contribution in [0.2, 0.25) is 0 Å². The van der Waals surface area contributed by atoms with Gasteiger partial charge in [-0.3, -0.25) is 4.90 Å². The first-order chi connectivity index (χ1) is 8.80. The monoisotopic (exact) mass is 262 g/mol. The van der Waals surface area contributed by atoms with E-state index in [2.05, 4.69) is 56.9 Å². The van der Waals surface area contributed by atoms with E-state index in [4.69, 9.17) is 10.5 Å². The molecule has 0 aromatic heterocycles. The number of nitrogens with two attached hydrogens (primary N) is 1. The molecule has 0 atom stereocenters. The molecule has 1 heterocycles. The van der Waals surface area contributed by atoms with Gasteiger partial charge in [0.05, 0.1) is 11.2 Å². The lowest BCUT2D eigenvalue weighted by molar-refractivity contribution is -0.182. The first kappa shape index (κ1) is 14.5. The topological polar surface area (TPSA) is 38.5 Å². The summed E-state index contributed by atoms with van der Waals surface area (Å²) in [5.41, 5.74) is 8.05. The van der Waals surface area contributed by atoms with Crippen molar-refractivity contribution in [1.82, 2.24) is 4.90 Å². The van der Waals surface area contributed by atoms with Crippen molar-refractivity contribution in [2.45, 2.75) is 52.0 Å². The highest BCUT2D eigenvalue weighted by molar-refractivity contribution is 5.23. The van der Waals surface area contributed by atoms with Gasteiger partial charge in [0.15, 0.2) is 0 Å². The van der Waals surface area contributed by atoms with Gasteiger partial charge in [0.2, 0.25) is 0 Å². The summed E-state index contributed by atoms with van der Waals surface area (Å²) in [4.78, 5) is 2.47. The van der Waals surface area contributed by atoms with Gasteiger partial charge >= 0.3 is 0 Å². The first-order valence-corrected chi connectivity index (χ1v) is 7.00. The van der Waals surface area contributed by atoms with Gasteiger partial charge in [-0.2, -0.15) is 0 Å². The first-order valence-electron chi connectivity index (χ1n) is 7.00. The van der Waals surface area contributed by atoms with Crippen molar-refractivity contribution in [2.75, 3.05) is 13.1 Å². The van der Waals surface area contributed by atoms with E-state index in [9.17, 15) is 0 Å². The van der Waals surface area contributed by atoms with Crippen LogP contribution in [-0.2, 0) is 17.8 Å². The SMILES string of the molecule is CC1(C)CN(Cc2cccc(CN)c2)CC(C)(C)O1. The van der Waals surface area contributed by atoms with Crippen LogP contribution in [0.3, 0.4) is 0 Å². The normalized spacial score (nSPS) is 22.4. The van der Waals surface area contributed by atoms with Crippen molar-refractivity contribution >= 4 is 0 Å². The molecule has 1 aliphatic rings. The number of rotatable bonds is 3. The lowest BCUT2D eigenvalue weighted by atomic mass is 9.98. The van der Waals surface area contributed by atoms with E-state index < -0.39 is 0 Å². The molecule has 3 heteroatoms. The zero-order valence-corrected chi connectivity index (χ0v) is 12.6. The molecule has 0 aliphatic carbocycles. The number of hydrogen-bond acceptors (Lipinski definition) is 3. The molecule has 3 nitrogen and oxygen atoms in total. The zero-order chi connectivity index (χ0) is 14.1. The number of nitrogens with zero attached hydrogens (tertiary/aromatic N) is 1. The van der Waals surface area contributed by atoms with E-state index in [1.54, 1.807) is 0 Å². The van der Waals surface area contributed by atoms with E-state index in [0.717, 1.165) is 19.6 Å². The number of morpholine rings is 1. The zero-order valence-electron chi connectivity index (χ0n) is 12.6. The Morgan fingerprint density at radius 3 is 2.26 bits per heavy atom. The predicted molar refractivity (Wildman–Crippen MR) is 78.9 cm³/mol. The van der Waals surface area contributed by atoms with Gasteiger partial charge < -0.3 is 10.5 Å². The Labute approximate surface area is 116 Å². The Balaban J connectivity index is 2.09. The highest BCUT2D eigenvalue weighted by atomic mass is 16.5. The standard InChI is InChI=1S/C16H26N2O/c1-15(2)11-18(12-16(3,4)19-15)10-14-7-5-6-13(8-14)9-17/h5-8H,9-12,17H2,1-4H3. The molecule has 2 rings (SSSR count). The van der Waals surface area contributed by atoms with Crippen molar-refractivity contribution in [1.29, 1.82) is 0 Å². The maximum atomic E-state index is 6.11. The minimum absolute atomic E-state index is 0.0901. The van der Waals surface area contributed by atoms with Gasteiger partial charge in [-0.1, -0.05) is 24.3 Å². The lowest BCUT2D eigenvalue weighted by Gasteiger charge is -2.47. The molecule has 1 aromatic rings. The Morgan fingerprint density at radius 2 is 1.68 bits per heavy atom. The second kappa shape index (κ2) is 5.23. The smallest absolute Gasteiger partial charge is 0.0760 e. The van der Waals surface area contributed by atoms with Crippen molar-refractivity contribution in [2.24, 2.45) is 5.73 Å². The molecule has 0 bridgehead atoms. The molecular formula is C16H26N2O. The Kier molecular flexibility index (Phi) is 4.00. The Morgan fingerprint density at radius 1 is 1.11 bits per heavy atom. The summed E-state index contributed by atoms with van der Waals surface area (Å²) in [5.74, 6) is 0. The molecule has 1 aliphatic heterocycles. The summed E-state index contributed by atoms with van der Waals surface area (Å²) < 4.78 is 6.11. The van der Waals surface area contributed by atoms with Crippen LogP contribution >= 0.6 is 0 Å². The van der Waals surface area contributed by atoms with Crippen LogP contribution in [-0.4, -0.2) is 29.2 Å². The van der Waals surface area contributed by atoms with Gasteiger partial charge in [0.25, 0.3) is 0 Å². The Bertz CT molecular complexity index is 424. The quantitative estimate of drug-likeness (QED) is 0.909. The molecule has 0 amide bonds. The summed E-state index contributed by atoms with van der Waals surface area (Å²) >= 11 is 0. The molecule has 1 fully saturated rings. The molecule has 0 spiro atoms. The van der Waals surface area contributed by atoms with Gasteiger partial charge in [0.1, 0.15) is 0 Å². The van der Waals surface area contributed by atoms with Crippen molar-refractivity contribution in [3.8, 4) is 0 Å². The lowest BCUT2D eigenvalue weighted by Crippen LogP contribution is -2.56. The van der Waals surface area contributed by atoms with Gasteiger partial charge in [-0.05, 0) is 38.8 Å². The predicted octanol–water partition coefficient (Wildman–Crippen LogP) is 2.53. The molecule has 0 saturated carbocycles. The van der Waals surface area contributed by atoms with Crippen LogP contribution in [0.25, 0.3) is 0 Å². The van der Waals surface area contributed by atoms with Crippen LogP contribution in [0.1, 0.15) is 38.8 Å². The summed E-state index contributed by atoms with van der Waals surface area (Å²) in [5, 5.41) is 0. The average molecular weight is 262 g/mol. The number of hydrogen-bond donors (Lipinski definition) is 1. The number of ether oxygens (including phenoxy) is 1. The third-order valence-electron chi connectivity index (χ3n) is 3.39. The summed E-state index contributed by atoms with van der Waals surface area (Å²) in [6.07, 6.45) is 0. The van der Waals surface area contributed by atoms with E-state index in [1.807, 2.05) is 0 Å². The fourth-order valence-electron chi connectivity index (χ4n) is 3.17. The van der Waals surface area contributed by atoms with Crippen molar-refractivity contribution in [3.63, 3.8) is 0 Å². The molecule has 0 unspecified atom stereocenters. The third-order valence-corrected chi connectivity index (χ3v) is 3.39. The highest BCUT2D eigenvalue weighted by Gasteiger charge is 2.37. The van der Waals surface area contributed by atoms with Gasteiger partial charge in [-0.25, -0.2) is 0 Å². The second-order valence-corrected chi connectivity index (χ2v) is 6.79. The second-order valence-electron chi connectivity index (χ2n) is 6.79. The van der Waals surface area contributed by atoms with Crippen LogP contribution in [0.5, 0.6) is 0 Å². The molecule has 0 radical (unpaired) electrons. The Hall–Kier alpha value is -0.900. The summed E-state index contributed by atoms with van der Waals surface area (Å²) in [7, 11) is 0. The van der Waals surface area contributed by atoms with E-state index in [-0.39, 0.29) is 11.2 Å². The minimum Gasteiger partial charge on any atom is -0.367 e. The van der Waals surface area contributed by atoms with Crippen LogP contribution in [0.15, 0.2) is 24.3 Å². The fourth-order valence-corrected chi connectivity index (χ4v) is 3.17. The fraction of sp³-hybridized carbons (Fsp3) is 0.625. The van der Waals surface area contributed by atoms with Crippen LogP contribution in [0, 0.1) is 0 Å². The largest absolute Gasteiger partial charge is 0.367 e. The summed E-state index contributed by atoms with van der Waals surface area (Å²) in [6.45, 7) is 12.1. The van der Waals surface area contributed by atoms with Gasteiger partial charge in [-0.15, -0.1) is 0 Å². The maximum absolute atomic E-state index is 6.11. The minimum atomic E-state index is -0.0901. The van der Waals surface area contributed by atoms with Crippen LogP contribution in [0.4, 0.5) is 0 Å². The van der Waals surface area contributed by atoms with Crippen molar-refractivity contribution < 1.29 is 4.74 Å². The average Bonchev–Trinajstić information content (AvgIpc) is 2.24. The molecule has 106 valence electrons. The third kappa shape index (κ3) is 4.03. The maximum Gasteiger partial charge on any atom is 0.0760 e.